The molecule has 6 heteroatoms. The van der Waals surface area contributed by atoms with Crippen molar-refractivity contribution < 1.29 is 19.1 Å². The molecular weight excluding hydrogens is 218 g/mol. The molecule has 0 saturated heterocycles. The van der Waals surface area contributed by atoms with E-state index in [2.05, 4.69) is 5.32 Å². The highest BCUT2D eigenvalue weighted by Crippen LogP contribution is 2.02. The Morgan fingerprint density at radius 3 is 2.87 bits per heavy atom. The number of rotatable bonds is 5. The van der Waals surface area contributed by atoms with E-state index < -0.39 is 17.9 Å². The lowest BCUT2D eigenvalue weighted by molar-refractivity contribution is -0.138. The fourth-order valence-electron chi connectivity index (χ4n) is 0.978. The maximum Gasteiger partial charge on any atom is 0.327 e. The second-order valence-corrected chi connectivity index (χ2v) is 3.71. The Balaban J connectivity index is 2.59. The molecule has 0 aliphatic rings. The largest absolute Gasteiger partial charge is 0.480 e. The monoisotopic (exact) mass is 229 g/mol. The molecular formula is C9H11NO4S. The van der Waals surface area contributed by atoms with Gasteiger partial charge in [0.15, 0.2) is 5.76 Å². The molecule has 1 aromatic heterocycles. The van der Waals surface area contributed by atoms with Crippen molar-refractivity contribution in [2.75, 3.05) is 12.0 Å². The lowest BCUT2D eigenvalue weighted by Gasteiger charge is -2.11. The predicted octanol–water partition coefficient (Wildman–Crippen LogP) is 0.826. The van der Waals surface area contributed by atoms with Gasteiger partial charge in [-0.3, -0.25) is 4.79 Å². The molecule has 2 N–H and O–H groups in total. The lowest BCUT2D eigenvalue weighted by Crippen LogP contribution is -2.42. The first-order valence-corrected chi connectivity index (χ1v) is 5.60. The summed E-state index contributed by atoms with van der Waals surface area (Å²) in [6.45, 7) is 0. The Morgan fingerprint density at radius 2 is 2.40 bits per heavy atom. The third-order valence-electron chi connectivity index (χ3n) is 1.68. The highest BCUT2D eigenvalue weighted by molar-refractivity contribution is 7.98. The summed E-state index contributed by atoms with van der Waals surface area (Å²) in [4.78, 5) is 22.2. The summed E-state index contributed by atoms with van der Waals surface area (Å²) >= 11 is 1.35. The van der Waals surface area contributed by atoms with Gasteiger partial charge in [0.1, 0.15) is 6.04 Å². The van der Waals surface area contributed by atoms with Crippen LogP contribution in [0.15, 0.2) is 22.8 Å². The van der Waals surface area contributed by atoms with Crippen LogP contribution in [0.25, 0.3) is 0 Å². The van der Waals surface area contributed by atoms with Gasteiger partial charge < -0.3 is 14.8 Å². The molecule has 0 aliphatic carbocycles. The van der Waals surface area contributed by atoms with Gasteiger partial charge in [0, 0.05) is 5.75 Å². The number of hydrogen-bond donors (Lipinski definition) is 2. The number of thioether (sulfide) groups is 1. The van der Waals surface area contributed by atoms with Gasteiger partial charge in [-0.15, -0.1) is 0 Å². The molecule has 1 unspecified atom stereocenters. The van der Waals surface area contributed by atoms with Crippen molar-refractivity contribution >= 4 is 23.6 Å². The van der Waals surface area contributed by atoms with E-state index in [1.807, 2.05) is 0 Å². The molecule has 0 spiro atoms. The van der Waals surface area contributed by atoms with Crippen molar-refractivity contribution in [3.05, 3.63) is 24.2 Å². The van der Waals surface area contributed by atoms with Gasteiger partial charge in [0.25, 0.3) is 5.91 Å². The molecule has 1 rings (SSSR count). The summed E-state index contributed by atoms with van der Waals surface area (Å²) in [6, 6.07) is 2.16. The molecule has 1 aromatic rings. The van der Waals surface area contributed by atoms with Crippen LogP contribution in [0.1, 0.15) is 10.6 Å². The van der Waals surface area contributed by atoms with Gasteiger partial charge in [0.2, 0.25) is 0 Å². The Kier molecular flexibility index (Phi) is 4.23. The molecule has 0 bridgehead atoms. The number of furan rings is 1. The highest BCUT2D eigenvalue weighted by Gasteiger charge is 2.20. The smallest absolute Gasteiger partial charge is 0.327 e. The van der Waals surface area contributed by atoms with Crippen LogP contribution >= 0.6 is 11.8 Å². The first kappa shape index (κ1) is 11.6. The minimum Gasteiger partial charge on any atom is -0.480 e. The molecule has 0 radical (unpaired) electrons. The zero-order valence-electron chi connectivity index (χ0n) is 8.10. The van der Waals surface area contributed by atoms with Crippen molar-refractivity contribution in [1.82, 2.24) is 5.32 Å². The van der Waals surface area contributed by atoms with Crippen LogP contribution in [0.2, 0.25) is 0 Å². The number of aliphatic carboxylic acids is 1. The molecule has 0 aromatic carbocycles. The number of carboxylic acid groups (broad SMARTS) is 1. The van der Waals surface area contributed by atoms with E-state index in [0.29, 0.717) is 5.75 Å². The van der Waals surface area contributed by atoms with Crippen LogP contribution in [-0.2, 0) is 4.79 Å². The Bertz CT molecular complexity index is 336. The van der Waals surface area contributed by atoms with E-state index >= 15 is 0 Å². The molecule has 15 heavy (non-hydrogen) atoms. The fourth-order valence-corrected chi connectivity index (χ4v) is 1.54. The van der Waals surface area contributed by atoms with Gasteiger partial charge in [0.05, 0.1) is 6.26 Å². The van der Waals surface area contributed by atoms with Crippen molar-refractivity contribution in [3.63, 3.8) is 0 Å². The fraction of sp³-hybridized carbons (Fsp3) is 0.333. The number of carbonyl (C=O) groups is 2. The molecule has 0 saturated carbocycles. The maximum atomic E-state index is 11.4. The standard InChI is InChI=1S/C9H11NO4S/c1-15-5-6(9(12)13)10-8(11)7-3-2-4-14-7/h2-4,6H,5H2,1H3,(H,10,11)(H,12,13). The van der Waals surface area contributed by atoms with Gasteiger partial charge in [-0.25, -0.2) is 4.79 Å². The first-order valence-electron chi connectivity index (χ1n) is 4.21. The van der Waals surface area contributed by atoms with Gasteiger partial charge in [-0.1, -0.05) is 0 Å². The third-order valence-corrected chi connectivity index (χ3v) is 2.35. The van der Waals surface area contributed by atoms with Gasteiger partial charge in [-0.2, -0.15) is 11.8 Å². The molecule has 1 amide bonds. The van der Waals surface area contributed by atoms with E-state index in [9.17, 15) is 9.59 Å². The van der Waals surface area contributed by atoms with E-state index in [0.717, 1.165) is 0 Å². The average Bonchev–Trinajstić information content (AvgIpc) is 2.69. The number of hydrogen-bond acceptors (Lipinski definition) is 4. The molecule has 0 aliphatic heterocycles. The quantitative estimate of drug-likeness (QED) is 0.781. The minimum atomic E-state index is -1.05. The van der Waals surface area contributed by atoms with Crippen LogP contribution in [0.3, 0.4) is 0 Å². The summed E-state index contributed by atoms with van der Waals surface area (Å²) in [5.74, 6) is -1.13. The first-order chi connectivity index (χ1) is 7.15. The molecule has 0 fully saturated rings. The van der Waals surface area contributed by atoms with Crippen LogP contribution in [0.4, 0.5) is 0 Å². The number of carbonyl (C=O) groups excluding carboxylic acids is 1. The average molecular weight is 229 g/mol. The summed E-state index contributed by atoms with van der Waals surface area (Å²) in [5, 5.41) is 11.2. The second-order valence-electron chi connectivity index (χ2n) is 2.80. The predicted molar refractivity (Wildman–Crippen MR) is 56.0 cm³/mol. The third kappa shape index (κ3) is 3.32. The van der Waals surface area contributed by atoms with Gasteiger partial charge in [-0.05, 0) is 18.4 Å². The van der Waals surface area contributed by atoms with Crippen LogP contribution in [0.5, 0.6) is 0 Å². The number of carboxylic acids is 1. The zero-order valence-corrected chi connectivity index (χ0v) is 8.91. The second kappa shape index (κ2) is 5.45. The molecule has 5 nitrogen and oxygen atoms in total. The van der Waals surface area contributed by atoms with E-state index in [1.54, 1.807) is 12.3 Å². The summed E-state index contributed by atoms with van der Waals surface area (Å²) < 4.78 is 4.84. The maximum absolute atomic E-state index is 11.4. The number of amides is 1. The Labute approximate surface area is 90.8 Å². The van der Waals surface area contributed by atoms with Crippen molar-refractivity contribution in [2.24, 2.45) is 0 Å². The van der Waals surface area contributed by atoms with Crippen molar-refractivity contribution in [2.45, 2.75) is 6.04 Å². The van der Waals surface area contributed by atoms with Crippen molar-refractivity contribution in [1.29, 1.82) is 0 Å². The summed E-state index contributed by atoms with van der Waals surface area (Å²) in [5.41, 5.74) is 0. The molecule has 82 valence electrons. The SMILES string of the molecule is CSCC(NC(=O)c1ccco1)C(=O)O. The van der Waals surface area contributed by atoms with Crippen molar-refractivity contribution in [3.8, 4) is 0 Å². The lowest BCUT2D eigenvalue weighted by atomic mass is 10.3. The topological polar surface area (TPSA) is 79.5 Å². The van der Waals surface area contributed by atoms with E-state index in [1.165, 1.54) is 24.1 Å². The molecule has 1 atom stereocenters. The van der Waals surface area contributed by atoms with Crippen LogP contribution in [0, 0.1) is 0 Å². The van der Waals surface area contributed by atoms with E-state index in [-0.39, 0.29) is 5.76 Å². The zero-order chi connectivity index (χ0) is 11.3. The van der Waals surface area contributed by atoms with E-state index in [4.69, 9.17) is 9.52 Å². The normalized spacial score (nSPS) is 12.1. The van der Waals surface area contributed by atoms with Gasteiger partial charge >= 0.3 is 5.97 Å². The molecule has 1 heterocycles. The Morgan fingerprint density at radius 1 is 1.67 bits per heavy atom. The Hall–Kier alpha value is -1.43. The number of nitrogens with one attached hydrogen (secondary N) is 1. The van der Waals surface area contributed by atoms with Crippen LogP contribution < -0.4 is 5.32 Å². The highest BCUT2D eigenvalue weighted by atomic mass is 32.2. The van der Waals surface area contributed by atoms with Crippen LogP contribution in [-0.4, -0.2) is 35.0 Å². The minimum absolute atomic E-state index is 0.113. The summed E-state index contributed by atoms with van der Waals surface area (Å²) in [6.07, 6.45) is 3.13. The summed E-state index contributed by atoms with van der Waals surface area (Å²) in [7, 11) is 0.